The molecule has 0 saturated carbocycles. The maximum Gasteiger partial charge on any atom is 0.347 e. The Labute approximate surface area is 132 Å². The molecule has 7 heteroatoms. The van der Waals surface area contributed by atoms with Crippen molar-refractivity contribution in [3.8, 4) is 0 Å². The molecule has 22 heavy (non-hydrogen) atoms. The topological polar surface area (TPSA) is 76.4 Å². The van der Waals surface area contributed by atoms with Crippen LogP contribution in [0.15, 0.2) is 52.9 Å². The number of rotatable bonds is 3. The number of thiophene rings is 1. The fourth-order valence-corrected chi connectivity index (χ4v) is 4.62. The Kier molecular flexibility index (Phi) is 4.68. The molecule has 3 rings (SSSR count). The fourth-order valence-electron chi connectivity index (χ4n) is 2.03. The van der Waals surface area contributed by atoms with Crippen molar-refractivity contribution in [1.29, 1.82) is 0 Å². The third-order valence-electron chi connectivity index (χ3n) is 2.92. The van der Waals surface area contributed by atoms with E-state index < -0.39 is 16.0 Å². The molecule has 0 fully saturated rings. The van der Waals surface area contributed by atoms with E-state index in [0.717, 1.165) is 20.7 Å². The lowest BCUT2D eigenvalue weighted by atomic mass is 10.3. The zero-order valence-corrected chi connectivity index (χ0v) is 13.7. The van der Waals surface area contributed by atoms with Crippen LogP contribution in [-0.4, -0.2) is 23.5 Å². The van der Waals surface area contributed by atoms with Gasteiger partial charge >= 0.3 is 5.97 Å². The number of aromatic nitrogens is 1. The summed E-state index contributed by atoms with van der Waals surface area (Å²) >= 11 is 0.895. The van der Waals surface area contributed by atoms with Crippen LogP contribution in [0.2, 0.25) is 0 Å². The van der Waals surface area contributed by atoms with Gasteiger partial charge in [-0.05, 0) is 23.6 Å². The molecule has 0 aliphatic heterocycles. The third kappa shape index (κ3) is 2.65. The van der Waals surface area contributed by atoms with Crippen molar-refractivity contribution in [2.45, 2.75) is 18.7 Å². The monoisotopic (exact) mass is 337 g/mol. The molecule has 2 heterocycles. The van der Waals surface area contributed by atoms with Crippen LogP contribution in [-0.2, 0) is 10.0 Å². The predicted molar refractivity (Wildman–Crippen MR) is 87.1 cm³/mol. The number of hydrogen-bond acceptors (Lipinski definition) is 4. The average molecular weight is 337 g/mol. The van der Waals surface area contributed by atoms with Crippen molar-refractivity contribution in [2.24, 2.45) is 0 Å². The summed E-state index contributed by atoms with van der Waals surface area (Å²) < 4.78 is 26.3. The fraction of sp³-hybridized carbons (Fsp3) is 0.133. The third-order valence-corrected chi connectivity index (χ3v) is 5.69. The van der Waals surface area contributed by atoms with Crippen LogP contribution < -0.4 is 0 Å². The van der Waals surface area contributed by atoms with E-state index in [1.165, 1.54) is 17.6 Å². The molecule has 0 unspecified atom stereocenters. The van der Waals surface area contributed by atoms with Crippen molar-refractivity contribution in [3.05, 3.63) is 52.9 Å². The zero-order valence-electron chi connectivity index (χ0n) is 12.1. The van der Waals surface area contributed by atoms with E-state index in [1.807, 2.05) is 19.9 Å². The number of para-hydroxylation sites is 1. The summed E-state index contributed by atoms with van der Waals surface area (Å²) in [7, 11) is -3.91. The first-order valence-corrected chi connectivity index (χ1v) is 8.96. The molecule has 0 radical (unpaired) electrons. The Balaban J connectivity index is 0.000000847. The van der Waals surface area contributed by atoms with E-state index in [4.69, 9.17) is 5.11 Å². The van der Waals surface area contributed by atoms with Crippen LogP contribution in [0.1, 0.15) is 23.5 Å². The van der Waals surface area contributed by atoms with E-state index in [1.54, 1.807) is 24.3 Å². The number of carbonyl (C=O) groups is 1. The maximum absolute atomic E-state index is 12.6. The standard InChI is InChI=1S/C13H9NO4S2.C2H6/c15-13(16)12-11(6-8-19-12)20(17,18)14-7-5-9-3-1-2-4-10(9)14;1-2/h1-8H,(H,15,16);1-2H3. The van der Waals surface area contributed by atoms with Crippen molar-refractivity contribution < 1.29 is 18.3 Å². The first-order valence-electron chi connectivity index (χ1n) is 6.64. The van der Waals surface area contributed by atoms with Crippen LogP contribution in [0.5, 0.6) is 0 Å². The molecule has 5 nitrogen and oxygen atoms in total. The van der Waals surface area contributed by atoms with Gasteiger partial charge in [-0.2, -0.15) is 0 Å². The lowest BCUT2D eigenvalue weighted by molar-refractivity contribution is 0.0698. The quantitative estimate of drug-likeness (QED) is 0.791. The summed E-state index contributed by atoms with van der Waals surface area (Å²) in [5, 5.41) is 11.3. The van der Waals surface area contributed by atoms with Gasteiger partial charge < -0.3 is 5.11 Å². The highest BCUT2D eigenvalue weighted by Crippen LogP contribution is 2.27. The van der Waals surface area contributed by atoms with Gasteiger partial charge in [-0.1, -0.05) is 32.0 Å². The Bertz CT molecular complexity index is 906. The second kappa shape index (κ2) is 6.33. The van der Waals surface area contributed by atoms with Crippen molar-refractivity contribution in [1.82, 2.24) is 3.97 Å². The number of carboxylic acid groups (broad SMARTS) is 1. The van der Waals surface area contributed by atoms with Crippen LogP contribution in [0, 0.1) is 0 Å². The van der Waals surface area contributed by atoms with Gasteiger partial charge in [-0.25, -0.2) is 17.2 Å². The number of nitrogens with zero attached hydrogens (tertiary/aromatic N) is 1. The molecule has 0 aliphatic rings. The summed E-state index contributed by atoms with van der Waals surface area (Å²) in [5.41, 5.74) is 0.523. The highest BCUT2D eigenvalue weighted by Gasteiger charge is 2.26. The number of benzene rings is 1. The van der Waals surface area contributed by atoms with E-state index in [0.29, 0.717) is 5.52 Å². The second-order valence-electron chi connectivity index (χ2n) is 4.09. The van der Waals surface area contributed by atoms with Crippen molar-refractivity contribution >= 4 is 38.2 Å². The van der Waals surface area contributed by atoms with Gasteiger partial charge in [-0.15, -0.1) is 11.3 Å². The number of hydrogen-bond donors (Lipinski definition) is 1. The molecular formula is C15H15NO4S2. The van der Waals surface area contributed by atoms with E-state index in [-0.39, 0.29) is 9.77 Å². The predicted octanol–water partition coefficient (Wildman–Crippen LogP) is 3.66. The molecule has 0 aliphatic carbocycles. The van der Waals surface area contributed by atoms with Crippen LogP contribution in [0.25, 0.3) is 10.9 Å². The maximum atomic E-state index is 12.6. The van der Waals surface area contributed by atoms with Crippen LogP contribution >= 0.6 is 11.3 Å². The van der Waals surface area contributed by atoms with E-state index >= 15 is 0 Å². The Morgan fingerprint density at radius 1 is 1.14 bits per heavy atom. The van der Waals surface area contributed by atoms with Crippen LogP contribution in [0.3, 0.4) is 0 Å². The lowest BCUT2D eigenvalue weighted by Gasteiger charge is -2.06. The number of aromatic carboxylic acids is 1. The Morgan fingerprint density at radius 2 is 1.82 bits per heavy atom. The second-order valence-corrected chi connectivity index (χ2v) is 6.79. The highest BCUT2D eigenvalue weighted by atomic mass is 32.2. The number of fused-ring (bicyclic) bond motifs is 1. The molecule has 116 valence electrons. The van der Waals surface area contributed by atoms with Gasteiger partial charge in [0, 0.05) is 11.6 Å². The molecule has 2 aromatic heterocycles. The van der Waals surface area contributed by atoms with Gasteiger partial charge in [-0.3, -0.25) is 0 Å². The molecule has 1 aromatic carbocycles. The van der Waals surface area contributed by atoms with Crippen LogP contribution in [0.4, 0.5) is 0 Å². The van der Waals surface area contributed by atoms with Gasteiger partial charge in [0.25, 0.3) is 10.0 Å². The largest absolute Gasteiger partial charge is 0.477 e. The molecule has 0 amide bonds. The minimum atomic E-state index is -3.91. The van der Waals surface area contributed by atoms with Gasteiger partial charge in [0.05, 0.1) is 5.52 Å². The molecule has 3 aromatic rings. The molecular weight excluding hydrogens is 322 g/mol. The molecule has 0 atom stereocenters. The lowest BCUT2D eigenvalue weighted by Crippen LogP contribution is -2.14. The summed E-state index contributed by atoms with van der Waals surface area (Å²) in [6.07, 6.45) is 1.43. The summed E-state index contributed by atoms with van der Waals surface area (Å²) in [6, 6.07) is 10.0. The summed E-state index contributed by atoms with van der Waals surface area (Å²) in [4.78, 5) is 10.7. The first-order chi connectivity index (χ1) is 10.5. The average Bonchev–Trinajstić information content (AvgIpc) is 3.16. The Hall–Kier alpha value is -2.12. The molecule has 0 saturated heterocycles. The SMILES string of the molecule is CC.O=C(O)c1sccc1S(=O)(=O)n1ccc2ccccc21. The summed E-state index contributed by atoms with van der Waals surface area (Å²) in [6.45, 7) is 4.00. The van der Waals surface area contributed by atoms with Gasteiger partial charge in [0.15, 0.2) is 0 Å². The van der Waals surface area contributed by atoms with E-state index in [9.17, 15) is 13.2 Å². The van der Waals surface area contributed by atoms with Gasteiger partial charge in [0.2, 0.25) is 0 Å². The molecule has 1 N–H and O–H groups in total. The zero-order chi connectivity index (χ0) is 16.3. The van der Waals surface area contributed by atoms with Gasteiger partial charge in [0.1, 0.15) is 9.77 Å². The first kappa shape index (κ1) is 16.3. The van der Waals surface area contributed by atoms with Crippen molar-refractivity contribution in [2.75, 3.05) is 0 Å². The minimum Gasteiger partial charge on any atom is -0.477 e. The smallest absolute Gasteiger partial charge is 0.347 e. The summed E-state index contributed by atoms with van der Waals surface area (Å²) in [5.74, 6) is -1.24. The normalized spacial score (nSPS) is 11.0. The number of carboxylic acids is 1. The minimum absolute atomic E-state index is 0.178. The van der Waals surface area contributed by atoms with Crippen molar-refractivity contribution in [3.63, 3.8) is 0 Å². The molecule has 0 bridgehead atoms. The molecule has 0 spiro atoms. The Morgan fingerprint density at radius 3 is 2.50 bits per heavy atom. The highest BCUT2D eigenvalue weighted by molar-refractivity contribution is 7.90. The van der Waals surface area contributed by atoms with E-state index in [2.05, 4.69) is 0 Å².